The van der Waals surface area contributed by atoms with Crippen LogP contribution >= 0.6 is 12.6 Å². The largest absolute Gasteiger partial charge is 0.171 e. The second-order valence-electron chi connectivity index (χ2n) is 3.24. The molecule has 0 fully saturated rings. The van der Waals surface area contributed by atoms with Crippen LogP contribution < -0.4 is 0 Å². The number of thiol groups is 1. The molecule has 0 radical (unpaired) electrons. The van der Waals surface area contributed by atoms with Crippen LogP contribution in [0.25, 0.3) is 10.8 Å². The van der Waals surface area contributed by atoms with Gasteiger partial charge in [0.15, 0.2) is 0 Å². The van der Waals surface area contributed by atoms with Crippen LogP contribution in [0.4, 0.5) is 0 Å². The van der Waals surface area contributed by atoms with Gasteiger partial charge in [-0.15, -0.1) is 0 Å². The van der Waals surface area contributed by atoms with E-state index < -0.39 is 0 Å². The Morgan fingerprint density at radius 1 is 1.00 bits per heavy atom. The van der Waals surface area contributed by atoms with Gasteiger partial charge in [0.1, 0.15) is 0 Å². The van der Waals surface area contributed by atoms with Gasteiger partial charge in [0.2, 0.25) is 0 Å². The highest BCUT2D eigenvalue weighted by atomic mass is 32.1. The third-order valence-electron chi connectivity index (χ3n) is 2.27. The summed E-state index contributed by atoms with van der Waals surface area (Å²) in [7, 11) is 0. The van der Waals surface area contributed by atoms with Crippen LogP contribution in [0.15, 0.2) is 42.5 Å². The van der Waals surface area contributed by atoms with Crippen molar-refractivity contribution in [2.45, 2.75) is 12.2 Å². The second kappa shape index (κ2) is 3.43. The molecule has 0 aliphatic rings. The van der Waals surface area contributed by atoms with Crippen molar-refractivity contribution in [2.24, 2.45) is 0 Å². The van der Waals surface area contributed by atoms with E-state index in [2.05, 4.69) is 62.0 Å². The number of rotatable bonds is 1. The smallest absolute Gasteiger partial charge is 0.0245 e. The van der Waals surface area contributed by atoms with Crippen molar-refractivity contribution >= 4 is 23.4 Å². The molecule has 0 aliphatic heterocycles. The van der Waals surface area contributed by atoms with E-state index in [1.54, 1.807) is 0 Å². The van der Waals surface area contributed by atoms with Crippen molar-refractivity contribution in [3.8, 4) is 0 Å². The molecule has 0 nitrogen and oxygen atoms in total. The average Bonchev–Trinajstić information content (AvgIpc) is 2.17. The first kappa shape index (κ1) is 8.64. The molecule has 0 bridgehead atoms. The Morgan fingerprint density at radius 2 is 1.69 bits per heavy atom. The molecule has 13 heavy (non-hydrogen) atoms. The summed E-state index contributed by atoms with van der Waals surface area (Å²) < 4.78 is 0. The molecule has 0 N–H and O–H groups in total. The summed E-state index contributed by atoms with van der Waals surface area (Å²) in [5.74, 6) is 0. The summed E-state index contributed by atoms with van der Waals surface area (Å²) >= 11 is 4.46. The second-order valence-corrected chi connectivity index (χ2v) is 4.02. The number of fused-ring (bicyclic) bond motifs is 1. The van der Waals surface area contributed by atoms with Gasteiger partial charge in [-0.1, -0.05) is 42.5 Å². The quantitative estimate of drug-likeness (QED) is 0.646. The lowest BCUT2D eigenvalue weighted by molar-refractivity contribution is 1.13. The van der Waals surface area contributed by atoms with Gasteiger partial charge < -0.3 is 0 Å². The van der Waals surface area contributed by atoms with Crippen LogP contribution in [0.3, 0.4) is 0 Å². The first-order chi connectivity index (χ1) is 6.29. The van der Waals surface area contributed by atoms with Crippen LogP contribution in [0.2, 0.25) is 0 Å². The maximum Gasteiger partial charge on any atom is 0.0245 e. The molecule has 1 atom stereocenters. The van der Waals surface area contributed by atoms with Gasteiger partial charge in [-0.05, 0) is 23.3 Å². The van der Waals surface area contributed by atoms with E-state index in [0.717, 1.165) is 0 Å². The Labute approximate surface area is 84.0 Å². The minimum Gasteiger partial charge on any atom is -0.171 e. The third-order valence-corrected chi connectivity index (χ3v) is 2.55. The van der Waals surface area contributed by atoms with Gasteiger partial charge in [-0.25, -0.2) is 0 Å². The van der Waals surface area contributed by atoms with Crippen molar-refractivity contribution in [1.82, 2.24) is 0 Å². The maximum absolute atomic E-state index is 4.46. The Hall–Kier alpha value is -0.950. The molecule has 0 saturated carbocycles. The van der Waals surface area contributed by atoms with E-state index >= 15 is 0 Å². The molecule has 2 rings (SSSR count). The summed E-state index contributed by atoms with van der Waals surface area (Å²) in [6.07, 6.45) is 0. The minimum atomic E-state index is 0.297. The number of hydrogen-bond donors (Lipinski definition) is 1. The fourth-order valence-corrected chi connectivity index (χ4v) is 1.84. The zero-order valence-corrected chi connectivity index (χ0v) is 8.46. The standard InChI is InChI=1S/C12H12S/c1-9(13)11-8-4-6-10-5-2-3-7-12(10)11/h2-9,13H,1H3/t9-/m0/s1. The first-order valence-electron chi connectivity index (χ1n) is 4.45. The molecular formula is C12H12S. The molecule has 0 spiro atoms. The summed E-state index contributed by atoms with van der Waals surface area (Å²) in [4.78, 5) is 0. The monoisotopic (exact) mass is 188 g/mol. The predicted octanol–water partition coefficient (Wildman–Crippen LogP) is 3.83. The summed E-state index contributed by atoms with van der Waals surface area (Å²) in [6.45, 7) is 2.10. The molecule has 66 valence electrons. The van der Waals surface area contributed by atoms with E-state index in [4.69, 9.17) is 0 Å². The van der Waals surface area contributed by atoms with Crippen LogP contribution in [0.1, 0.15) is 17.7 Å². The van der Waals surface area contributed by atoms with E-state index in [1.807, 2.05) is 0 Å². The topological polar surface area (TPSA) is 0 Å². The van der Waals surface area contributed by atoms with Crippen LogP contribution in [0, 0.1) is 0 Å². The molecule has 2 aromatic carbocycles. The van der Waals surface area contributed by atoms with Crippen molar-refractivity contribution < 1.29 is 0 Å². The van der Waals surface area contributed by atoms with Crippen LogP contribution in [-0.4, -0.2) is 0 Å². The third kappa shape index (κ3) is 1.56. The lowest BCUT2D eigenvalue weighted by Crippen LogP contribution is -1.85. The van der Waals surface area contributed by atoms with E-state index in [1.165, 1.54) is 16.3 Å². The fourth-order valence-electron chi connectivity index (χ4n) is 1.61. The van der Waals surface area contributed by atoms with E-state index in [9.17, 15) is 0 Å². The van der Waals surface area contributed by atoms with Gasteiger partial charge in [0.05, 0.1) is 0 Å². The molecule has 0 unspecified atom stereocenters. The highest BCUT2D eigenvalue weighted by molar-refractivity contribution is 7.80. The lowest BCUT2D eigenvalue weighted by atomic mass is 10.0. The Bertz CT molecular complexity index is 413. The van der Waals surface area contributed by atoms with Gasteiger partial charge in [-0.2, -0.15) is 12.6 Å². The van der Waals surface area contributed by atoms with Crippen LogP contribution in [-0.2, 0) is 0 Å². The number of benzene rings is 2. The SMILES string of the molecule is C[C@H](S)c1cccc2ccccc12. The molecule has 0 amide bonds. The summed E-state index contributed by atoms with van der Waals surface area (Å²) in [5, 5.41) is 2.90. The highest BCUT2D eigenvalue weighted by Gasteiger charge is 2.03. The molecule has 0 saturated heterocycles. The summed E-state index contributed by atoms with van der Waals surface area (Å²) in [5.41, 5.74) is 1.31. The first-order valence-corrected chi connectivity index (χ1v) is 4.96. The van der Waals surface area contributed by atoms with Gasteiger partial charge in [0, 0.05) is 5.25 Å². The molecule has 1 heteroatoms. The minimum absolute atomic E-state index is 0.297. The molecule has 0 aromatic heterocycles. The molecule has 2 aromatic rings. The molecular weight excluding hydrogens is 176 g/mol. The van der Waals surface area contributed by atoms with Crippen LogP contribution in [0.5, 0.6) is 0 Å². The van der Waals surface area contributed by atoms with Gasteiger partial charge in [0.25, 0.3) is 0 Å². The summed E-state index contributed by atoms with van der Waals surface area (Å²) in [6, 6.07) is 14.8. The van der Waals surface area contributed by atoms with Crippen molar-refractivity contribution in [2.75, 3.05) is 0 Å². The van der Waals surface area contributed by atoms with E-state index in [0.29, 0.717) is 5.25 Å². The molecule has 0 heterocycles. The zero-order valence-electron chi connectivity index (χ0n) is 7.57. The highest BCUT2D eigenvalue weighted by Crippen LogP contribution is 2.27. The van der Waals surface area contributed by atoms with Crippen molar-refractivity contribution in [3.05, 3.63) is 48.0 Å². The van der Waals surface area contributed by atoms with E-state index in [-0.39, 0.29) is 0 Å². The van der Waals surface area contributed by atoms with Gasteiger partial charge in [-0.3, -0.25) is 0 Å². The van der Waals surface area contributed by atoms with Gasteiger partial charge >= 0.3 is 0 Å². The molecule has 0 aliphatic carbocycles. The Kier molecular flexibility index (Phi) is 2.28. The Balaban J connectivity index is 2.76. The number of hydrogen-bond acceptors (Lipinski definition) is 1. The predicted molar refractivity (Wildman–Crippen MR) is 61.3 cm³/mol. The Morgan fingerprint density at radius 3 is 2.46 bits per heavy atom. The van der Waals surface area contributed by atoms with Crippen molar-refractivity contribution in [1.29, 1.82) is 0 Å². The fraction of sp³-hybridized carbons (Fsp3) is 0.167. The average molecular weight is 188 g/mol. The normalized spacial score (nSPS) is 13.1. The van der Waals surface area contributed by atoms with Crippen molar-refractivity contribution in [3.63, 3.8) is 0 Å². The zero-order chi connectivity index (χ0) is 9.26. The maximum atomic E-state index is 4.46. The lowest BCUT2D eigenvalue weighted by Gasteiger charge is -2.08.